The van der Waals surface area contributed by atoms with Crippen LogP contribution >= 0.6 is 11.3 Å². The summed E-state index contributed by atoms with van der Waals surface area (Å²) in [5, 5.41) is 25.5. The number of nitro groups is 1. The van der Waals surface area contributed by atoms with Gasteiger partial charge in [0.25, 0.3) is 0 Å². The highest BCUT2D eigenvalue weighted by Gasteiger charge is 2.16. The summed E-state index contributed by atoms with van der Waals surface area (Å²) in [5.74, 6) is 0.169. The van der Waals surface area contributed by atoms with Crippen molar-refractivity contribution >= 4 is 22.8 Å². The first kappa shape index (κ1) is 13.9. The standard InChI is InChI=1S/C12H11N5O2S/c1-8-7-20-11(16-8)2-3-14-12-10(17(18)19)4-9(5-13)6-15-12/h4,6-7H,2-3H2,1H3,(H,14,15). The maximum Gasteiger partial charge on any atom is 0.312 e. The molecule has 0 aromatic carbocycles. The van der Waals surface area contributed by atoms with E-state index < -0.39 is 4.92 Å². The van der Waals surface area contributed by atoms with Gasteiger partial charge in [-0.3, -0.25) is 10.1 Å². The molecule has 20 heavy (non-hydrogen) atoms. The van der Waals surface area contributed by atoms with Crippen molar-refractivity contribution < 1.29 is 4.92 Å². The molecule has 0 aliphatic heterocycles. The van der Waals surface area contributed by atoms with Gasteiger partial charge in [-0.2, -0.15) is 5.26 Å². The Labute approximate surface area is 119 Å². The normalized spacial score (nSPS) is 10.0. The van der Waals surface area contributed by atoms with Crippen molar-refractivity contribution in [3.8, 4) is 6.07 Å². The first-order valence-electron chi connectivity index (χ1n) is 5.79. The van der Waals surface area contributed by atoms with Gasteiger partial charge in [0.2, 0.25) is 5.82 Å². The van der Waals surface area contributed by atoms with Crippen molar-refractivity contribution in [2.24, 2.45) is 0 Å². The van der Waals surface area contributed by atoms with Gasteiger partial charge in [-0.15, -0.1) is 11.3 Å². The number of anilines is 1. The number of thiazole rings is 1. The molecule has 0 amide bonds. The highest BCUT2D eigenvalue weighted by molar-refractivity contribution is 7.09. The maximum absolute atomic E-state index is 10.9. The minimum atomic E-state index is -0.552. The van der Waals surface area contributed by atoms with E-state index in [1.165, 1.54) is 12.3 Å². The maximum atomic E-state index is 10.9. The summed E-state index contributed by atoms with van der Waals surface area (Å²) >= 11 is 1.55. The minimum absolute atomic E-state index is 0.165. The third-order valence-electron chi connectivity index (χ3n) is 2.49. The van der Waals surface area contributed by atoms with Crippen molar-refractivity contribution in [2.45, 2.75) is 13.3 Å². The van der Waals surface area contributed by atoms with Gasteiger partial charge in [-0.1, -0.05) is 0 Å². The molecule has 0 atom stereocenters. The van der Waals surface area contributed by atoms with Gasteiger partial charge in [-0.05, 0) is 6.92 Å². The Morgan fingerprint density at radius 3 is 3.00 bits per heavy atom. The fraction of sp³-hybridized carbons (Fsp3) is 0.250. The summed E-state index contributed by atoms with van der Waals surface area (Å²) in [4.78, 5) is 18.6. The lowest BCUT2D eigenvalue weighted by molar-refractivity contribution is -0.384. The van der Waals surface area contributed by atoms with E-state index in [-0.39, 0.29) is 17.1 Å². The molecule has 2 aromatic heterocycles. The number of nitriles is 1. The van der Waals surface area contributed by atoms with E-state index in [9.17, 15) is 10.1 Å². The van der Waals surface area contributed by atoms with Crippen molar-refractivity contribution in [1.82, 2.24) is 9.97 Å². The van der Waals surface area contributed by atoms with Gasteiger partial charge in [0.1, 0.15) is 6.07 Å². The fourth-order valence-electron chi connectivity index (χ4n) is 1.60. The summed E-state index contributed by atoms with van der Waals surface area (Å²) in [7, 11) is 0. The Kier molecular flexibility index (Phi) is 4.22. The Morgan fingerprint density at radius 2 is 2.40 bits per heavy atom. The van der Waals surface area contributed by atoms with Gasteiger partial charge in [0.05, 0.1) is 15.5 Å². The number of nitrogens with zero attached hydrogens (tertiary/aromatic N) is 4. The molecule has 0 bridgehead atoms. The summed E-state index contributed by atoms with van der Waals surface area (Å²) < 4.78 is 0. The largest absolute Gasteiger partial charge is 0.364 e. The van der Waals surface area contributed by atoms with Gasteiger partial charge in [0, 0.05) is 36.3 Å². The molecule has 8 heteroatoms. The van der Waals surface area contributed by atoms with Crippen molar-refractivity contribution in [3.05, 3.63) is 44.0 Å². The number of pyridine rings is 1. The number of aromatic nitrogens is 2. The summed E-state index contributed by atoms with van der Waals surface area (Å²) in [5.41, 5.74) is 0.935. The van der Waals surface area contributed by atoms with E-state index in [4.69, 9.17) is 5.26 Å². The monoisotopic (exact) mass is 289 g/mol. The summed E-state index contributed by atoms with van der Waals surface area (Å²) in [6.07, 6.45) is 1.97. The second-order valence-electron chi connectivity index (χ2n) is 4.02. The molecule has 7 nitrogen and oxygen atoms in total. The molecule has 102 valence electrons. The van der Waals surface area contributed by atoms with Crippen LogP contribution in [0.5, 0.6) is 0 Å². The van der Waals surface area contributed by atoms with Crippen LogP contribution in [0.2, 0.25) is 0 Å². The molecule has 0 fully saturated rings. The predicted octanol–water partition coefficient (Wildman–Crippen LogP) is 2.28. The van der Waals surface area contributed by atoms with Gasteiger partial charge in [0.15, 0.2) is 0 Å². The van der Waals surface area contributed by atoms with Crippen LogP contribution in [-0.2, 0) is 6.42 Å². The molecule has 2 rings (SSSR count). The molecule has 0 saturated heterocycles. The molecular weight excluding hydrogens is 278 g/mol. The Bertz CT molecular complexity index is 677. The first-order chi connectivity index (χ1) is 9.60. The van der Waals surface area contributed by atoms with Gasteiger partial charge < -0.3 is 5.32 Å². The van der Waals surface area contributed by atoms with Crippen molar-refractivity contribution in [3.63, 3.8) is 0 Å². The molecule has 2 heterocycles. The molecule has 2 aromatic rings. The predicted molar refractivity (Wildman–Crippen MR) is 74.7 cm³/mol. The number of hydrogen-bond donors (Lipinski definition) is 1. The Hall–Kier alpha value is -2.53. The molecular formula is C12H11N5O2S. The van der Waals surface area contributed by atoms with E-state index in [2.05, 4.69) is 15.3 Å². The van der Waals surface area contributed by atoms with Crippen LogP contribution in [0.15, 0.2) is 17.6 Å². The van der Waals surface area contributed by atoms with E-state index in [0.29, 0.717) is 13.0 Å². The quantitative estimate of drug-likeness (QED) is 0.668. The highest BCUT2D eigenvalue weighted by atomic mass is 32.1. The second-order valence-corrected chi connectivity index (χ2v) is 4.96. The van der Waals surface area contributed by atoms with Crippen LogP contribution in [0.4, 0.5) is 11.5 Å². The summed E-state index contributed by atoms with van der Waals surface area (Å²) in [6.45, 7) is 2.41. The lowest BCUT2D eigenvalue weighted by atomic mass is 10.2. The van der Waals surface area contributed by atoms with E-state index in [1.54, 1.807) is 11.3 Å². The second kappa shape index (κ2) is 6.08. The molecule has 1 N–H and O–H groups in total. The van der Waals surface area contributed by atoms with Crippen LogP contribution in [0.3, 0.4) is 0 Å². The average Bonchev–Trinajstić information content (AvgIpc) is 2.84. The number of nitrogens with one attached hydrogen (secondary N) is 1. The van der Waals surface area contributed by atoms with Crippen LogP contribution in [-0.4, -0.2) is 21.4 Å². The average molecular weight is 289 g/mol. The van der Waals surface area contributed by atoms with Crippen molar-refractivity contribution in [2.75, 3.05) is 11.9 Å². The number of aryl methyl sites for hydroxylation is 1. The third kappa shape index (κ3) is 3.27. The number of rotatable bonds is 5. The Balaban J connectivity index is 2.05. The molecule has 0 saturated carbocycles. The van der Waals surface area contributed by atoms with Gasteiger partial charge >= 0.3 is 5.69 Å². The van der Waals surface area contributed by atoms with E-state index >= 15 is 0 Å². The zero-order valence-corrected chi connectivity index (χ0v) is 11.5. The lowest BCUT2D eigenvalue weighted by Gasteiger charge is -2.04. The smallest absolute Gasteiger partial charge is 0.312 e. The van der Waals surface area contributed by atoms with Gasteiger partial charge in [-0.25, -0.2) is 9.97 Å². The topological polar surface area (TPSA) is 105 Å². The highest BCUT2D eigenvalue weighted by Crippen LogP contribution is 2.22. The molecule has 0 spiro atoms. The van der Waals surface area contributed by atoms with E-state index in [1.807, 2.05) is 18.4 Å². The first-order valence-corrected chi connectivity index (χ1v) is 6.67. The van der Waals surface area contributed by atoms with Crippen molar-refractivity contribution in [1.29, 1.82) is 5.26 Å². The zero-order chi connectivity index (χ0) is 14.5. The van der Waals surface area contributed by atoms with Crippen LogP contribution < -0.4 is 5.32 Å². The fourth-order valence-corrected chi connectivity index (χ4v) is 2.37. The van der Waals surface area contributed by atoms with Crippen LogP contribution in [0, 0.1) is 28.4 Å². The zero-order valence-electron chi connectivity index (χ0n) is 10.7. The summed E-state index contributed by atoms with van der Waals surface area (Å²) in [6, 6.07) is 3.04. The lowest BCUT2D eigenvalue weighted by Crippen LogP contribution is -2.08. The van der Waals surface area contributed by atoms with Crippen LogP contribution in [0.1, 0.15) is 16.3 Å². The van der Waals surface area contributed by atoms with Crippen LogP contribution in [0.25, 0.3) is 0 Å². The number of hydrogen-bond acceptors (Lipinski definition) is 7. The van der Waals surface area contributed by atoms with E-state index in [0.717, 1.165) is 10.7 Å². The third-order valence-corrected chi connectivity index (χ3v) is 3.52. The molecule has 0 aliphatic carbocycles. The minimum Gasteiger partial charge on any atom is -0.364 e. The Morgan fingerprint density at radius 1 is 1.60 bits per heavy atom. The molecule has 0 radical (unpaired) electrons. The SMILES string of the molecule is Cc1csc(CCNc2ncc(C#N)cc2[N+](=O)[O-])n1. The molecule has 0 aliphatic rings. The molecule has 0 unspecified atom stereocenters.